The molecule has 0 saturated carbocycles. The highest BCUT2D eigenvalue weighted by Gasteiger charge is 2.20. The summed E-state index contributed by atoms with van der Waals surface area (Å²) in [5.41, 5.74) is 1.84. The number of piperidine rings is 1. The Balaban J connectivity index is 0.00000320. The molecule has 166 valence electrons. The molecule has 6 nitrogen and oxygen atoms in total. The van der Waals surface area contributed by atoms with Crippen molar-refractivity contribution in [3.8, 4) is 5.69 Å². The molecule has 2 aromatic rings. The zero-order chi connectivity index (χ0) is 20.6. The summed E-state index contributed by atoms with van der Waals surface area (Å²) in [6, 6.07) is 8.81. The van der Waals surface area contributed by atoms with E-state index in [0.29, 0.717) is 6.04 Å². The molecule has 1 aliphatic heterocycles. The molecule has 1 fully saturated rings. The van der Waals surface area contributed by atoms with Gasteiger partial charge in [-0.25, -0.2) is 9.07 Å². The molecule has 0 spiro atoms. The number of halogens is 2. The van der Waals surface area contributed by atoms with E-state index in [4.69, 9.17) is 0 Å². The van der Waals surface area contributed by atoms with Crippen molar-refractivity contribution in [2.75, 3.05) is 33.2 Å². The van der Waals surface area contributed by atoms with Gasteiger partial charge in [-0.15, -0.1) is 24.0 Å². The average Bonchev–Trinajstić information content (AvgIpc) is 3.17. The van der Waals surface area contributed by atoms with Crippen molar-refractivity contribution < 1.29 is 4.39 Å². The van der Waals surface area contributed by atoms with Gasteiger partial charge in [-0.05, 0) is 49.1 Å². The second kappa shape index (κ2) is 12.2. The molecule has 2 N–H and O–H groups in total. The van der Waals surface area contributed by atoms with Crippen molar-refractivity contribution in [1.29, 1.82) is 0 Å². The van der Waals surface area contributed by atoms with Crippen LogP contribution in [0.25, 0.3) is 5.69 Å². The maximum absolute atomic E-state index is 13.1. The summed E-state index contributed by atoms with van der Waals surface area (Å²) in [5, 5.41) is 11.5. The fraction of sp³-hybridized carbons (Fsp3) is 0.545. The van der Waals surface area contributed by atoms with E-state index < -0.39 is 0 Å². The number of aromatic nitrogens is 2. The van der Waals surface area contributed by atoms with E-state index >= 15 is 0 Å². The van der Waals surface area contributed by atoms with Gasteiger partial charge < -0.3 is 15.5 Å². The molecule has 1 aromatic heterocycles. The van der Waals surface area contributed by atoms with Crippen LogP contribution in [-0.2, 0) is 6.42 Å². The smallest absolute Gasteiger partial charge is 0.191 e. The second-order valence-electron chi connectivity index (χ2n) is 8.09. The van der Waals surface area contributed by atoms with E-state index in [1.54, 1.807) is 16.8 Å². The highest BCUT2D eigenvalue weighted by molar-refractivity contribution is 14.0. The van der Waals surface area contributed by atoms with Crippen LogP contribution in [0.15, 0.2) is 41.5 Å². The van der Waals surface area contributed by atoms with E-state index in [2.05, 4.69) is 39.5 Å². The Labute approximate surface area is 196 Å². The van der Waals surface area contributed by atoms with Crippen LogP contribution in [0.1, 0.15) is 32.4 Å². The van der Waals surface area contributed by atoms with Gasteiger partial charge in [-0.3, -0.25) is 4.99 Å². The molecule has 0 amide bonds. The molecule has 2 heterocycles. The Morgan fingerprint density at radius 3 is 2.53 bits per heavy atom. The molecular weight excluding hydrogens is 494 g/mol. The van der Waals surface area contributed by atoms with Gasteiger partial charge in [0.1, 0.15) is 5.82 Å². The number of rotatable bonds is 7. The molecule has 3 rings (SSSR count). The van der Waals surface area contributed by atoms with Crippen LogP contribution in [0, 0.1) is 11.7 Å². The highest BCUT2D eigenvalue weighted by Crippen LogP contribution is 2.12. The van der Waals surface area contributed by atoms with Crippen LogP contribution in [0.3, 0.4) is 0 Å². The van der Waals surface area contributed by atoms with E-state index in [1.807, 2.05) is 19.3 Å². The van der Waals surface area contributed by atoms with Gasteiger partial charge in [-0.1, -0.05) is 13.8 Å². The fourth-order valence-electron chi connectivity index (χ4n) is 3.71. The Kier molecular flexibility index (Phi) is 10.0. The van der Waals surface area contributed by atoms with Crippen LogP contribution in [0.5, 0.6) is 0 Å². The lowest BCUT2D eigenvalue weighted by Crippen LogP contribution is -2.49. The lowest BCUT2D eigenvalue weighted by molar-refractivity contribution is 0.187. The Bertz CT molecular complexity index is 781. The summed E-state index contributed by atoms with van der Waals surface area (Å²) >= 11 is 0. The predicted octanol–water partition coefficient (Wildman–Crippen LogP) is 3.46. The molecule has 0 radical (unpaired) electrons. The van der Waals surface area contributed by atoms with Crippen LogP contribution < -0.4 is 10.6 Å². The standard InChI is InChI=1S/C22H33FN6.HI/c1-17(2)16-28-13-9-19(10-14-28)26-22(24-3)25-12-8-20-11-15-29(27-20)21-6-4-18(23)5-7-21;/h4-7,11,15,17,19H,8-10,12-14,16H2,1-3H3,(H2,24,25,26);1H. The molecule has 30 heavy (non-hydrogen) atoms. The average molecular weight is 528 g/mol. The topological polar surface area (TPSA) is 57.5 Å². The van der Waals surface area contributed by atoms with Crippen LogP contribution >= 0.6 is 24.0 Å². The van der Waals surface area contributed by atoms with Gasteiger partial charge in [0.2, 0.25) is 0 Å². The van der Waals surface area contributed by atoms with Crippen LogP contribution in [0.4, 0.5) is 4.39 Å². The number of guanidine groups is 1. The van der Waals surface area contributed by atoms with Crippen LogP contribution in [0.2, 0.25) is 0 Å². The summed E-state index contributed by atoms with van der Waals surface area (Å²) in [6.45, 7) is 8.79. The summed E-state index contributed by atoms with van der Waals surface area (Å²) < 4.78 is 14.8. The monoisotopic (exact) mass is 528 g/mol. The van der Waals surface area contributed by atoms with Gasteiger partial charge in [-0.2, -0.15) is 5.10 Å². The minimum atomic E-state index is -0.241. The van der Waals surface area contributed by atoms with Gasteiger partial charge in [0.25, 0.3) is 0 Å². The first-order valence-corrected chi connectivity index (χ1v) is 10.5. The van der Waals surface area contributed by atoms with Crippen molar-refractivity contribution in [1.82, 2.24) is 25.3 Å². The number of likely N-dealkylation sites (tertiary alicyclic amines) is 1. The quantitative estimate of drug-likeness (QED) is 0.329. The predicted molar refractivity (Wildman–Crippen MR) is 131 cm³/mol. The molecule has 1 aliphatic rings. The fourth-order valence-corrected chi connectivity index (χ4v) is 3.71. The molecule has 0 unspecified atom stereocenters. The number of hydrogen-bond donors (Lipinski definition) is 2. The number of nitrogens with one attached hydrogen (secondary N) is 2. The first-order chi connectivity index (χ1) is 14.0. The second-order valence-corrected chi connectivity index (χ2v) is 8.09. The molecule has 0 aliphatic carbocycles. The van der Waals surface area contributed by atoms with Gasteiger partial charge in [0, 0.05) is 51.9 Å². The first-order valence-electron chi connectivity index (χ1n) is 10.5. The zero-order valence-electron chi connectivity index (χ0n) is 18.1. The summed E-state index contributed by atoms with van der Waals surface area (Å²) in [6.07, 6.45) is 4.99. The maximum atomic E-state index is 13.1. The molecule has 1 aromatic carbocycles. The lowest BCUT2D eigenvalue weighted by Gasteiger charge is -2.33. The number of benzene rings is 1. The molecule has 0 bridgehead atoms. The third-order valence-corrected chi connectivity index (χ3v) is 5.18. The lowest BCUT2D eigenvalue weighted by atomic mass is 10.0. The summed E-state index contributed by atoms with van der Waals surface area (Å²) in [4.78, 5) is 6.91. The van der Waals surface area contributed by atoms with Crippen molar-refractivity contribution >= 4 is 29.9 Å². The van der Waals surface area contributed by atoms with Crippen molar-refractivity contribution in [2.24, 2.45) is 10.9 Å². The van der Waals surface area contributed by atoms with Crippen molar-refractivity contribution in [2.45, 2.75) is 39.2 Å². The molecule has 0 atom stereocenters. The third kappa shape index (κ3) is 7.54. The van der Waals surface area contributed by atoms with Gasteiger partial charge >= 0.3 is 0 Å². The van der Waals surface area contributed by atoms with E-state index in [0.717, 1.165) is 62.2 Å². The van der Waals surface area contributed by atoms with E-state index in [9.17, 15) is 4.39 Å². The molecular formula is C22H34FIN6. The van der Waals surface area contributed by atoms with E-state index in [-0.39, 0.29) is 29.8 Å². The minimum Gasteiger partial charge on any atom is -0.356 e. The van der Waals surface area contributed by atoms with Crippen molar-refractivity contribution in [3.63, 3.8) is 0 Å². The number of aliphatic imine (C=N–C) groups is 1. The zero-order valence-corrected chi connectivity index (χ0v) is 20.5. The van der Waals surface area contributed by atoms with Crippen molar-refractivity contribution in [3.05, 3.63) is 48.0 Å². The highest BCUT2D eigenvalue weighted by atomic mass is 127. The Morgan fingerprint density at radius 2 is 1.90 bits per heavy atom. The summed E-state index contributed by atoms with van der Waals surface area (Å²) in [7, 11) is 1.81. The normalized spacial score (nSPS) is 15.8. The third-order valence-electron chi connectivity index (χ3n) is 5.18. The largest absolute Gasteiger partial charge is 0.356 e. The SMILES string of the molecule is CN=C(NCCc1ccn(-c2ccc(F)cc2)n1)NC1CCN(CC(C)C)CC1.I. The first kappa shape index (κ1) is 24.6. The number of nitrogens with zero attached hydrogens (tertiary/aromatic N) is 4. The van der Waals surface area contributed by atoms with Gasteiger partial charge in [0.05, 0.1) is 11.4 Å². The Morgan fingerprint density at radius 1 is 1.20 bits per heavy atom. The number of hydrogen-bond acceptors (Lipinski definition) is 3. The van der Waals surface area contributed by atoms with E-state index in [1.165, 1.54) is 18.7 Å². The van der Waals surface area contributed by atoms with Gasteiger partial charge in [0.15, 0.2) is 5.96 Å². The minimum absolute atomic E-state index is 0. The summed E-state index contributed by atoms with van der Waals surface area (Å²) in [5.74, 6) is 1.33. The van der Waals surface area contributed by atoms with Crippen LogP contribution in [-0.4, -0.2) is 59.9 Å². The Hall–Kier alpha value is -1.68. The molecule has 8 heteroatoms. The molecule has 1 saturated heterocycles. The maximum Gasteiger partial charge on any atom is 0.191 e.